The van der Waals surface area contributed by atoms with Gasteiger partial charge in [0.05, 0.1) is 19.3 Å². The molecule has 0 aliphatic carbocycles. The van der Waals surface area contributed by atoms with Gasteiger partial charge in [0.15, 0.2) is 0 Å². The van der Waals surface area contributed by atoms with Crippen LogP contribution in [0, 0.1) is 0 Å². The van der Waals surface area contributed by atoms with E-state index in [-0.39, 0.29) is 11.9 Å². The molecule has 0 spiro atoms. The lowest BCUT2D eigenvalue weighted by molar-refractivity contribution is -0.00346. The standard InChI is InChI=1S/C13H16N2O2/c16-13(15-11-7-17-8-11)10-3-4-12-9(6-10)2-1-5-14-12/h3-4,6,11,14H,1-2,5,7-8H2,(H,15,16). The van der Waals surface area contributed by atoms with E-state index in [1.807, 2.05) is 18.2 Å². The third-order valence-electron chi connectivity index (χ3n) is 3.28. The summed E-state index contributed by atoms with van der Waals surface area (Å²) < 4.78 is 5.04. The monoisotopic (exact) mass is 232 g/mol. The van der Waals surface area contributed by atoms with E-state index >= 15 is 0 Å². The Bertz CT molecular complexity index is 441. The Hall–Kier alpha value is -1.55. The molecule has 0 atom stereocenters. The van der Waals surface area contributed by atoms with Crippen LogP contribution in [0.3, 0.4) is 0 Å². The Kier molecular flexibility index (Phi) is 2.73. The van der Waals surface area contributed by atoms with Gasteiger partial charge in [0, 0.05) is 17.8 Å². The minimum atomic E-state index is 0.00618. The number of benzene rings is 1. The number of hydrogen-bond acceptors (Lipinski definition) is 3. The number of nitrogens with one attached hydrogen (secondary N) is 2. The number of carbonyl (C=O) groups excluding carboxylic acids is 1. The van der Waals surface area contributed by atoms with Crippen molar-refractivity contribution >= 4 is 11.6 Å². The van der Waals surface area contributed by atoms with Crippen molar-refractivity contribution < 1.29 is 9.53 Å². The second-order valence-corrected chi connectivity index (χ2v) is 4.61. The molecule has 2 heterocycles. The van der Waals surface area contributed by atoms with Gasteiger partial charge in [-0.25, -0.2) is 0 Å². The van der Waals surface area contributed by atoms with E-state index in [1.165, 1.54) is 11.3 Å². The molecule has 0 radical (unpaired) electrons. The quantitative estimate of drug-likeness (QED) is 0.805. The number of anilines is 1. The molecule has 0 unspecified atom stereocenters. The minimum Gasteiger partial charge on any atom is -0.385 e. The number of rotatable bonds is 2. The summed E-state index contributed by atoms with van der Waals surface area (Å²) in [5.41, 5.74) is 3.16. The highest BCUT2D eigenvalue weighted by atomic mass is 16.5. The van der Waals surface area contributed by atoms with Gasteiger partial charge in [-0.1, -0.05) is 0 Å². The average molecular weight is 232 g/mol. The molecule has 4 heteroatoms. The highest BCUT2D eigenvalue weighted by molar-refractivity contribution is 5.95. The van der Waals surface area contributed by atoms with E-state index in [9.17, 15) is 4.79 Å². The van der Waals surface area contributed by atoms with Gasteiger partial charge in [0.25, 0.3) is 5.91 Å². The number of fused-ring (bicyclic) bond motifs is 1. The molecule has 1 aromatic carbocycles. The van der Waals surface area contributed by atoms with Crippen LogP contribution in [0.25, 0.3) is 0 Å². The number of carbonyl (C=O) groups is 1. The lowest BCUT2D eigenvalue weighted by Gasteiger charge is -2.27. The normalized spacial score (nSPS) is 18.8. The summed E-state index contributed by atoms with van der Waals surface area (Å²) in [6.07, 6.45) is 2.19. The molecule has 90 valence electrons. The Morgan fingerprint density at radius 3 is 3.06 bits per heavy atom. The molecule has 1 amide bonds. The highest BCUT2D eigenvalue weighted by Gasteiger charge is 2.21. The summed E-state index contributed by atoms with van der Waals surface area (Å²) in [7, 11) is 0. The second-order valence-electron chi connectivity index (χ2n) is 4.61. The van der Waals surface area contributed by atoms with Gasteiger partial charge < -0.3 is 15.4 Å². The second kappa shape index (κ2) is 4.37. The van der Waals surface area contributed by atoms with Gasteiger partial charge in [-0.05, 0) is 36.6 Å². The number of aryl methyl sites for hydroxylation is 1. The Balaban J connectivity index is 1.75. The molecule has 0 aromatic heterocycles. The van der Waals surface area contributed by atoms with E-state index in [0.29, 0.717) is 13.2 Å². The van der Waals surface area contributed by atoms with Crippen LogP contribution >= 0.6 is 0 Å². The zero-order chi connectivity index (χ0) is 11.7. The maximum atomic E-state index is 11.9. The zero-order valence-corrected chi connectivity index (χ0v) is 9.66. The van der Waals surface area contributed by atoms with Gasteiger partial charge in [-0.2, -0.15) is 0 Å². The number of hydrogen-bond donors (Lipinski definition) is 2. The van der Waals surface area contributed by atoms with E-state index in [0.717, 1.165) is 24.9 Å². The molecule has 0 bridgehead atoms. The van der Waals surface area contributed by atoms with Crippen LogP contribution in [-0.4, -0.2) is 31.7 Å². The summed E-state index contributed by atoms with van der Waals surface area (Å²) in [5, 5.41) is 6.30. The van der Waals surface area contributed by atoms with Crippen molar-refractivity contribution in [2.24, 2.45) is 0 Å². The van der Waals surface area contributed by atoms with E-state index in [4.69, 9.17) is 4.74 Å². The molecular formula is C13H16N2O2. The van der Waals surface area contributed by atoms with Crippen molar-refractivity contribution in [3.05, 3.63) is 29.3 Å². The molecule has 3 rings (SSSR count). The average Bonchev–Trinajstić information content (AvgIpc) is 2.33. The molecule has 1 aromatic rings. The van der Waals surface area contributed by atoms with E-state index < -0.39 is 0 Å². The first-order chi connectivity index (χ1) is 8.33. The van der Waals surface area contributed by atoms with Crippen LogP contribution < -0.4 is 10.6 Å². The SMILES string of the molecule is O=C(NC1COC1)c1ccc2c(c1)CCCN2. The summed E-state index contributed by atoms with van der Waals surface area (Å²) in [4.78, 5) is 11.9. The summed E-state index contributed by atoms with van der Waals surface area (Å²) in [6.45, 7) is 2.30. The predicted molar refractivity (Wildman–Crippen MR) is 65.3 cm³/mol. The Labute approximate surface area is 100 Å². The minimum absolute atomic E-state index is 0.00618. The lowest BCUT2D eigenvalue weighted by Crippen LogP contribution is -2.48. The first kappa shape index (κ1) is 10.6. The fourth-order valence-corrected chi connectivity index (χ4v) is 2.20. The van der Waals surface area contributed by atoms with Crippen molar-refractivity contribution in [3.8, 4) is 0 Å². The maximum absolute atomic E-state index is 11.9. The van der Waals surface area contributed by atoms with Gasteiger partial charge in [-0.3, -0.25) is 4.79 Å². The molecule has 2 aliphatic heterocycles. The molecule has 2 aliphatic rings. The van der Waals surface area contributed by atoms with Gasteiger partial charge >= 0.3 is 0 Å². The summed E-state index contributed by atoms with van der Waals surface area (Å²) in [5.74, 6) is 0.00618. The van der Waals surface area contributed by atoms with Crippen LogP contribution in [0.4, 0.5) is 5.69 Å². The topological polar surface area (TPSA) is 50.4 Å². The molecule has 17 heavy (non-hydrogen) atoms. The molecule has 1 fully saturated rings. The van der Waals surface area contributed by atoms with Gasteiger partial charge in [0.2, 0.25) is 0 Å². The largest absolute Gasteiger partial charge is 0.385 e. The smallest absolute Gasteiger partial charge is 0.251 e. The first-order valence-corrected chi connectivity index (χ1v) is 6.08. The molecule has 2 N–H and O–H groups in total. The van der Waals surface area contributed by atoms with E-state index in [2.05, 4.69) is 10.6 Å². The van der Waals surface area contributed by atoms with Crippen molar-refractivity contribution in [2.75, 3.05) is 25.1 Å². The molecule has 0 saturated carbocycles. The zero-order valence-electron chi connectivity index (χ0n) is 9.66. The van der Waals surface area contributed by atoms with Gasteiger partial charge in [0.1, 0.15) is 0 Å². The predicted octanol–water partition coefficient (Wildman–Crippen LogP) is 1.17. The fraction of sp³-hybridized carbons (Fsp3) is 0.462. The molecular weight excluding hydrogens is 216 g/mol. The first-order valence-electron chi connectivity index (χ1n) is 6.08. The fourth-order valence-electron chi connectivity index (χ4n) is 2.20. The van der Waals surface area contributed by atoms with Crippen LogP contribution in [0.2, 0.25) is 0 Å². The lowest BCUT2D eigenvalue weighted by atomic mass is 10.0. The number of ether oxygens (including phenoxy) is 1. The third-order valence-corrected chi connectivity index (χ3v) is 3.28. The number of amides is 1. The van der Waals surface area contributed by atoms with Crippen molar-refractivity contribution in [1.29, 1.82) is 0 Å². The van der Waals surface area contributed by atoms with Crippen LogP contribution in [-0.2, 0) is 11.2 Å². The van der Waals surface area contributed by atoms with Gasteiger partial charge in [-0.15, -0.1) is 0 Å². The Morgan fingerprint density at radius 2 is 2.29 bits per heavy atom. The maximum Gasteiger partial charge on any atom is 0.251 e. The van der Waals surface area contributed by atoms with Crippen LogP contribution in [0.15, 0.2) is 18.2 Å². The van der Waals surface area contributed by atoms with Crippen molar-refractivity contribution in [2.45, 2.75) is 18.9 Å². The summed E-state index contributed by atoms with van der Waals surface area (Å²) in [6, 6.07) is 6.07. The summed E-state index contributed by atoms with van der Waals surface area (Å²) >= 11 is 0. The third kappa shape index (κ3) is 2.13. The van der Waals surface area contributed by atoms with Crippen LogP contribution in [0.1, 0.15) is 22.3 Å². The molecule has 4 nitrogen and oxygen atoms in total. The van der Waals surface area contributed by atoms with E-state index in [1.54, 1.807) is 0 Å². The van der Waals surface area contributed by atoms with Crippen molar-refractivity contribution in [3.63, 3.8) is 0 Å². The van der Waals surface area contributed by atoms with Crippen LogP contribution in [0.5, 0.6) is 0 Å². The van der Waals surface area contributed by atoms with Crippen molar-refractivity contribution in [1.82, 2.24) is 5.32 Å². The molecule has 1 saturated heterocycles. The highest BCUT2D eigenvalue weighted by Crippen LogP contribution is 2.22. The Morgan fingerprint density at radius 1 is 1.41 bits per heavy atom.